The Bertz CT molecular complexity index is 862. The van der Waals surface area contributed by atoms with Gasteiger partial charge in [-0.05, 0) is 42.0 Å². The highest BCUT2D eigenvalue weighted by Gasteiger charge is 2.28. The van der Waals surface area contributed by atoms with Gasteiger partial charge in [0.2, 0.25) is 11.7 Å². The minimum atomic E-state index is -0.233. The van der Waals surface area contributed by atoms with Crippen molar-refractivity contribution >= 4 is 23.3 Å². The first-order valence-corrected chi connectivity index (χ1v) is 11.1. The van der Waals surface area contributed by atoms with E-state index < -0.39 is 0 Å². The van der Waals surface area contributed by atoms with Crippen LogP contribution in [0.3, 0.4) is 0 Å². The van der Waals surface area contributed by atoms with Crippen molar-refractivity contribution in [3.8, 4) is 17.2 Å². The van der Waals surface area contributed by atoms with Gasteiger partial charge in [0.05, 0.1) is 33.8 Å². The molecule has 1 aromatic heterocycles. The Hall–Kier alpha value is -2.94. The van der Waals surface area contributed by atoms with E-state index in [1.54, 1.807) is 37.6 Å². The lowest BCUT2D eigenvalue weighted by molar-refractivity contribution is -0.126. The first-order chi connectivity index (χ1) is 15.0. The van der Waals surface area contributed by atoms with E-state index in [4.69, 9.17) is 14.2 Å². The van der Waals surface area contributed by atoms with Crippen LogP contribution in [0.2, 0.25) is 0 Å². The van der Waals surface area contributed by atoms with Crippen molar-refractivity contribution in [1.82, 2.24) is 15.5 Å². The van der Waals surface area contributed by atoms with Crippen LogP contribution in [-0.2, 0) is 17.9 Å². The number of ether oxygens (including phenoxy) is 3. The fraction of sp³-hybridized carbons (Fsp3) is 0.455. The summed E-state index contributed by atoms with van der Waals surface area (Å²) < 4.78 is 16.1. The summed E-state index contributed by atoms with van der Waals surface area (Å²) in [6.45, 7) is 1.91. The molecule has 2 N–H and O–H groups in total. The van der Waals surface area contributed by atoms with Gasteiger partial charge in [-0.15, -0.1) is 11.3 Å². The van der Waals surface area contributed by atoms with Crippen LogP contribution in [0.25, 0.3) is 0 Å². The molecule has 0 aliphatic carbocycles. The Morgan fingerprint density at radius 2 is 1.84 bits per heavy atom. The molecule has 0 bridgehead atoms. The lowest BCUT2D eigenvalue weighted by atomic mass is 9.97. The Labute approximate surface area is 186 Å². The van der Waals surface area contributed by atoms with E-state index in [2.05, 4.69) is 10.6 Å². The molecule has 2 heterocycles. The number of carbonyl (C=O) groups is 2. The monoisotopic (exact) mass is 447 g/mol. The number of nitrogens with zero attached hydrogens (tertiary/aromatic N) is 1. The van der Waals surface area contributed by atoms with Crippen molar-refractivity contribution in [2.75, 3.05) is 34.4 Å². The normalized spacial score (nSPS) is 15.8. The number of benzene rings is 1. The third kappa shape index (κ3) is 5.81. The SMILES string of the molecule is COc1cc(CNC(=O)C2CCCN(C(=O)NCc3cccs3)C2)cc(OC)c1OC. The molecule has 3 amide bonds. The minimum Gasteiger partial charge on any atom is -0.493 e. The Morgan fingerprint density at radius 3 is 2.45 bits per heavy atom. The van der Waals surface area contributed by atoms with Crippen molar-refractivity contribution < 1.29 is 23.8 Å². The molecule has 0 radical (unpaired) electrons. The molecule has 1 aliphatic heterocycles. The second kappa shape index (κ2) is 10.9. The molecular weight excluding hydrogens is 418 g/mol. The Kier molecular flexibility index (Phi) is 8.00. The van der Waals surface area contributed by atoms with Gasteiger partial charge in [-0.3, -0.25) is 4.79 Å². The van der Waals surface area contributed by atoms with Crippen molar-refractivity contribution in [3.05, 3.63) is 40.1 Å². The van der Waals surface area contributed by atoms with E-state index in [0.29, 0.717) is 43.4 Å². The molecule has 1 aliphatic rings. The lowest BCUT2D eigenvalue weighted by Crippen LogP contribution is -2.48. The number of piperidine rings is 1. The molecule has 31 heavy (non-hydrogen) atoms. The number of thiophene rings is 1. The van der Waals surface area contributed by atoms with Gasteiger partial charge in [0.25, 0.3) is 0 Å². The number of hydrogen-bond acceptors (Lipinski definition) is 6. The molecule has 9 heteroatoms. The molecule has 1 atom stereocenters. The Balaban J connectivity index is 1.55. The second-order valence-corrected chi connectivity index (χ2v) is 8.31. The highest BCUT2D eigenvalue weighted by molar-refractivity contribution is 7.09. The van der Waals surface area contributed by atoms with E-state index in [1.165, 1.54) is 0 Å². The average Bonchev–Trinajstić information content (AvgIpc) is 3.33. The molecule has 3 rings (SSSR count). The van der Waals surface area contributed by atoms with E-state index in [0.717, 1.165) is 23.3 Å². The zero-order chi connectivity index (χ0) is 22.2. The number of nitrogens with one attached hydrogen (secondary N) is 2. The van der Waals surface area contributed by atoms with E-state index in [-0.39, 0.29) is 17.9 Å². The number of methoxy groups -OCH3 is 3. The Morgan fingerprint density at radius 1 is 1.10 bits per heavy atom. The maximum Gasteiger partial charge on any atom is 0.317 e. The highest BCUT2D eigenvalue weighted by Crippen LogP contribution is 2.38. The van der Waals surface area contributed by atoms with Crippen molar-refractivity contribution in [3.63, 3.8) is 0 Å². The molecule has 1 fully saturated rings. The van der Waals surface area contributed by atoms with Crippen LogP contribution < -0.4 is 24.8 Å². The number of urea groups is 1. The van der Waals surface area contributed by atoms with E-state index in [1.807, 2.05) is 29.6 Å². The van der Waals surface area contributed by atoms with Crippen molar-refractivity contribution in [1.29, 1.82) is 0 Å². The third-order valence-electron chi connectivity index (χ3n) is 5.26. The number of likely N-dealkylation sites (tertiary alicyclic amines) is 1. The van der Waals surface area contributed by atoms with Crippen molar-refractivity contribution in [2.45, 2.75) is 25.9 Å². The molecule has 0 saturated carbocycles. The van der Waals surface area contributed by atoms with Crippen LogP contribution in [0.15, 0.2) is 29.6 Å². The number of carbonyl (C=O) groups excluding carboxylic acids is 2. The molecule has 1 saturated heterocycles. The predicted octanol–water partition coefficient (Wildman–Crippen LogP) is 3.01. The molecule has 1 aromatic carbocycles. The largest absolute Gasteiger partial charge is 0.493 e. The summed E-state index contributed by atoms with van der Waals surface area (Å²) >= 11 is 1.61. The van der Waals surface area contributed by atoms with Gasteiger partial charge in [-0.1, -0.05) is 6.07 Å². The summed E-state index contributed by atoms with van der Waals surface area (Å²) in [5.74, 6) is 1.29. The van der Waals surface area contributed by atoms with Gasteiger partial charge >= 0.3 is 6.03 Å². The smallest absolute Gasteiger partial charge is 0.317 e. The fourth-order valence-corrected chi connectivity index (χ4v) is 4.28. The zero-order valence-electron chi connectivity index (χ0n) is 18.1. The van der Waals surface area contributed by atoms with Gasteiger partial charge in [-0.2, -0.15) is 0 Å². The lowest BCUT2D eigenvalue weighted by Gasteiger charge is -2.32. The van der Waals surface area contributed by atoms with E-state index >= 15 is 0 Å². The van der Waals surface area contributed by atoms with Crippen LogP contribution in [-0.4, -0.2) is 51.3 Å². The summed E-state index contributed by atoms with van der Waals surface area (Å²) in [6.07, 6.45) is 1.56. The van der Waals surface area contributed by atoms with Crippen LogP contribution >= 0.6 is 11.3 Å². The summed E-state index contributed by atoms with van der Waals surface area (Å²) in [7, 11) is 4.66. The van der Waals surface area contributed by atoms with Gasteiger partial charge in [0.15, 0.2) is 11.5 Å². The quantitative estimate of drug-likeness (QED) is 0.649. The number of amides is 3. The maximum absolute atomic E-state index is 12.8. The molecule has 0 spiro atoms. The molecule has 2 aromatic rings. The van der Waals surface area contributed by atoms with Gasteiger partial charge in [-0.25, -0.2) is 4.79 Å². The molecular formula is C22H29N3O5S. The topological polar surface area (TPSA) is 89.1 Å². The minimum absolute atomic E-state index is 0.0653. The molecule has 8 nitrogen and oxygen atoms in total. The zero-order valence-corrected chi connectivity index (χ0v) is 18.9. The van der Waals surface area contributed by atoms with Crippen LogP contribution in [0.4, 0.5) is 4.79 Å². The van der Waals surface area contributed by atoms with Crippen molar-refractivity contribution in [2.24, 2.45) is 5.92 Å². The number of hydrogen-bond donors (Lipinski definition) is 2. The third-order valence-corrected chi connectivity index (χ3v) is 6.14. The van der Waals surface area contributed by atoms with Gasteiger partial charge < -0.3 is 29.7 Å². The molecule has 1 unspecified atom stereocenters. The summed E-state index contributed by atoms with van der Waals surface area (Å²) in [5.41, 5.74) is 0.837. The standard InChI is InChI=1S/C22H29N3O5S/c1-28-18-10-15(11-19(29-2)20(18)30-3)12-23-21(26)16-6-4-8-25(14-16)22(27)24-13-17-7-5-9-31-17/h5,7,9-11,16H,4,6,8,12-14H2,1-3H3,(H,23,26)(H,24,27). The second-order valence-electron chi connectivity index (χ2n) is 7.27. The summed E-state index contributed by atoms with van der Waals surface area (Å²) in [6, 6.07) is 7.44. The predicted molar refractivity (Wildman–Crippen MR) is 119 cm³/mol. The highest BCUT2D eigenvalue weighted by atomic mass is 32.1. The van der Waals surface area contributed by atoms with Gasteiger partial charge in [0, 0.05) is 24.5 Å². The summed E-state index contributed by atoms with van der Waals surface area (Å²) in [4.78, 5) is 28.1. The summed E-state index contributed by atoms with van der Waals surface area (Å²) in [5, 5.41) is 7.89. The first kappa shape index (κ1) is 22.7. The van der Waals surface area contributed by atoms with Crippen LogP contribution in [0.1, 0.15) is 23.3 Å². The maximum atomic E-state index is 12.8. The van der Waals surface area contributed by atoms with Gasteiger partial charge in [0.1, 0.15) is 0 Å². The van der Waals surface area contributed by atoms with Crippen LogP contribution in [0.5, 0.6) is 17.2 Å². The first-order valence-electron chi connectivity index (χ1n) is 10.2. The fourth-order valence-electron chi connectivity index (χ4n) is 3.63. The average molecular weight is 448 g/mol. The number of rotatable bonds is 8. The molecule has 168 valence electrons. The van der Waals surface area contributed by atoms with E-state index in [9.17, 15) is 9.59 Å². The van der Waals surface area contributed by atoms with Crippen LogP contribution in [0, 0.1) is 5.92 Å².